The van der Waals surface area contributed by atoms with Gasteiger partial charge >= 0.3 is 0 Å². The van der Waals surface area contributed by atoms with Crippen molar-refractivity contribution in [2.45, 2.75) is 19.9 Å². The molecule has 0 spiro atoms. The van der Waals surface area contributed by atoms with Crippen molar-refractivity contribution >= 4 is 57.3 Å². The summed E-state index contributed by atoms with van der Waals surface area (Å²) in [5.41, 5.74) is 4.95. The number of hydrogen-bond donors (Lipinski definition) is 2. The monoisotopic (exact) mass is 617 g/mol. The number of ketones is 1. The van der Waals surface area contributed by atoms with E-state index in [1.165, 1.54) is 20.3 Å². The van der Waals surface area contributed by atoms with Crippen LogP contribution in [0.4, 0.5) is 17.5 Å². The van der Waals surface area contributed by atoms with Gasteiger partial charge in [-0.25, -0.2) is 15.0 Å². The highest BCUT2D eigenvalue weighted by molar-refractivity contribution is 6.41. The van der Waals surface area contributed by atoms with E-state index in [0.29, 0.717) is 62.0 Å². The van der Waals surface area contributed by atoms with Crippen molar-refractivity contribution in [1.29, 1.82) is 0 Å². The van der Waals surface area contributed by atoms with E-state index in [1.807, 2.05) is 44.4 Å². The maximum Gasteiger partial charge on any atom is 0.227 e. The molecule has 0 radical (unpaired) electrons. The van der Waals surface area contributed by atoms with E-state index in [-0.39, 0.29) is 12.2 Å². The van der Waals surface area contributed by atoms with E-state index < -0.39 is 0 Å². The van der Waals surface area contributed by atoms with Crippen molar-refractivity contribution < 1.29 is 14.3 Å². The maximum absolute atomic E-state index is 12.2. The summed E-state index contributed by atoms with van der Waals surface area (Å²) < 4.78 is 12.7. The number of allylic oxidation sites excluding steroid dienone is 1. The number of fused-ring (bicyclic) bond motifs is 1. The van der Waals surface area contributed by atoms with Crippen molar-refractivity contribution in [2.75, 3.05) is 24.9 Å². The average Bonchev–Trinajstić information content (AvgIpc) is 3.42. The number of benzene rings is 2. The summed E-state index contributed by atoms with van der Waals surface area (Å²) in [6.45, 7) is 5.98. The Labute approximate surface area is 258 Å². The highest BCUT2D eigenvalue weighted by Crippen LogP contribution is 2.46. The third-order valence-corrected chi connectivity index (χ3v) is 7.55. The molecule has 0 saturated carbocycles. The minimum absolute atomic E-state index is 0.0850. The van der Waals surface area contributed by atoms with E-state index in [9.17, 15) is 4.79 Å². The molecular weight excluding hydrogens is 589 g/mol. The molecule has 5 aromatic rings. The van der Waals surface area contributed by atoms with Gasteiger partial charge in [0.15, 0.2) is 11.6 Å². The third-order valence-electron chi connectivity index (χ3n) is 6.80. The number of nitrogens with zero attached hydrogens (tertiary/aromatic N) is 5. The zero-order valence-electron chi connectivity index (χ0n) is 24.0. The Balaban J connectivity index is 1.63. The summed E-state index contributed by atoms with van der Waals surface area (Å²) in [5, 5.41) is 12.2. The number of aryl methyl sites for hydroxylation is 2. The van der Waals surface area contributed by atoms with Crippen molar-refractivity contribution in [3.05, 3.63) is 88.3 Å². The number of pyridine rings is 1. The van der Waals surface area contributed by atoms with E-state index in [2.05, 4.69) is 27.3 Å². The van der Waals surface area contributed by atoms with Gasteiger partial charge in [0, 0.05) is 60.7 Å². The van der Waals surface area contributed by atoms with Crippen LogP contribution >= 0.6 is 23.2 Å². The lowest BCUT2D eigenvalue weighted by Gasteiger charge is -2.17. The Morgan fingerprint density at radius 1 is 1.09 bits per heavy atom. The van der Waals surface area contributed by atoms with Crippen molar-refractivity contribution in [1.82, 2.24) is 24.7 Å². The number of carbonyl (C=O) groups is 1. The average molecular weight is 619 g/mol. The first-order chi connectivity index (χ1) is 20.7. The van der Waals surface area contributed by atoms with E-state index in [4.69, 9.17) is 42.6 Å². The number of ether oxygens (including phenoxy) is 2. The second-order valence-corrected chi connectivity index (χ2v) is 10.5. The van der Waals surface area contributed by atoms with Gasteiger partial charge in [-0.2, -0.15) is 5.10 Å². The molecular formula is C31H29Cl2N7O3. The number of halogens is 2. The van der Waals surface area contributed by atoms with E-state index in [0.717, 1.165) is 22.4 Å². The van der Waals surface area contributed by atoms with Crippen LogP contribution in [0.25, 0.3) is 22.2 Å². The molecule has 220 valence electrons. The van der Waals surface area contributed by atoms with Gasteiger partial charge in [-0.1, -0.05) is 48.0 Å². The van der Waals surface area contributed by atoms with Crippen LogP contribution in [0.2, 0.25) is 10.0 Å². The first-order valence-electron chi connectivity index (χ1n) is 13.2. The molecule has 0 fully saturated rings. The Morgan fingerprint density at radius 3 is 2.49 bits per heavy atom. The fourth-order valence-electron chi connectivity index (χ4n) is 4.64. The molecule has 0 atom stereocenters. The number of anilines is 3. The van der Waals surface area contributed by atoms with Gasteiger partial charge in [-0.3, -0.25) is 9.48 Å². The summed E-state index contributed by atoms with van der Waals surface area (Å²) in [5.74, 6) is 1.52. The molecule has 0 aliphatic rings. The molecule has 5 rings (SSSR count). The Kier molecular flexibility index (Phi) is 8.79. The Morgan fingerprint density at radius 2 is 1.84 bits per heavy atom. The molecule has 2 aromatic carbocycles. The summed E-state index contributed by atoms with van der Waals surface area (Å²) in [7, 11) is 4.89. The molecule has 0 saturated heterocycles. The molecule has 0 aliphatic carbocycles. The summed E-state index contributed by atoms with van der Waals surface area (Å²) in [4.78, 5) is 26.5. The molecule has 2 N–H and O–H groups in total. The zero-order valence-corrected chi connectivity index (χ0v) is 25.5. The lowest BCUT2D eigenvalue weighted by molar-refractivity contribution is -0.114. The van der Waals surface area contributed by atoms with Gasteiger partial charge in [0.1, 0.15) is 17.0 Å². The van der Waals surface area contributed by atoms with E-state index in [1.54, 1.807) is 23.1 Å². The third kappa shape index (κ3) is 6.25. The molecule has 0 amide bonds. The standard InChI is InChI=1S/C31H29Cl2N7O3/c1-6-21(41)10-19-9-7-8-17(2)28(19)38-31-35-15-20-11-22(25-26(32)23(42-4)12-24(43-5)27(25)33)37-30(29(20)39-31)34-13-18-14-36-40(3)16-18/h6-9,11-12,14-16H,1,10,13H2,2-5H3,(H,34,37)(H,35,38,39). The minimum atomic E-state index is -0.0850. The second-order valence-electron chi connectivity index (χ2n) is 9.73. The summed E-state index contributed by atoms with van der Waals surface area (Å²) in [6.07, 6.45) is 6.89. The fourth-order valence-corrected chi connectivity index (χ4v) is 5.33. The van der Waals surface area contributed by atoms with Crippen LogP contribution in [0, 0.1) is 6.92 Å². The summed E-state index contributed by atoms with van der Waals surface area (Å²) in [6, 6.07) is 9.18. The highest BCUT2D eigenvalue weighted by atomic mass is 35.5. The molecule has 12 heteroatoms. The topological polar surface area (TPSA) is 116 Å². The maximum atomic E-state index is 12.2. The van der Waals surface area contributed by atoms with Crippen LogP contribution in [0.3, 0.4) is 0 Å². The highest BCUT2D eigenvalue weighted by Gasteiger charge is 2.22. The van der Waals surface area contributed by atoms with Gasteiger partial charge in [0.25, 0.3) is 0 Å². The number of para-hydroxylation sites is 1. The molecule has 0 aliphatic heterocycles. The normalized spacial score (nSPS) is 10.9. The van der Waals surface area contributed by atoms with Crippen molar-refractivity contribution in [3.8, 4) is 22.8 Å². The van der Waals surface area contributed by atoms with Crippen LogP contribution in [-0.2, 0) is 24.8 Å². The second kappa shape index (κ2) is 12.7. The Bertz CT molecular complexity index is 1830. The summed E-state index contributed by atoms with van der Waals surface area (Å²) >= 11 is 13.5. The van der Waals surface area contributed by atoms with Crippen LogP contribution in [0.15, 0.2) is 61.6 Å². The number of carbonyl (C=O) groups excluding carboxylic acids is 1. The molecule has 3 aromatic heterocycles. The first-order valence-corrected chi connectivity index (χ1v) is 14.0. The van der Waals surface area contributed by atoms with E-state index >= 15 is 0 Å². The first kappa shape index (κ1) is 29.8. The fraction of sp³-hybridized carbons (Fsp3) is 0.194. The van der Waals surface area contributed by atoms with Gasteiger partial charge in [0.2, 0.25) is 5.95 Å². The smallest absolute Gasteiger partial charge is 0.227 e. The van der Waals surface area contributed by atoms with Gasteiger partial charge < -0.3 is 20.1 Å². The largest absolute Gasteiger partial charge is 0.495 e. The van der Waals surface area contributed by atoms with Crippen molar-refractivity contribution in [2.24, 2.45) is 7.05 Å². The molecule has 43 heavy (non-hydrogen) atoms. The number of methoxy groups -OCH3 is 2. The van der Waals surface area contributed by atoms with Crippen LogP contribution < -0.4 is 20.1 Å². The quantitative estimate of drug-likeness (QED) is 0.156. The molecule has 0 bridgehead atoms. The lowest BCUT2D eigenvalue weighted by atomic mass is 10.0. The molecule has 10 nitrogen and oxygen atoms in total. The molecule has 3 heterocycles. The zero-order chi connectivity index (χ0) is 30.7. The van der Waals surface area contributed by atoms with Crippen LogP contribution in [0.1, 0.15) is 16.7 Å². The predicted molar refractivity (Wildman–Crippen MR) is 170 cm³/mol. The minimum Gasteiger partial charge on any atom is -0.495 e. The lowest BCUT2D eigenvalue weighted by Crippen LogP contribution is -2.07. The van der Waals surface area contributed by atoms with Gasteiger partial charge in [-0.05, 0) is 30.2 Å². The van der Waals surface area contributed by atoms with Gasteiger partial charge in [-0.15, -0.1) is 0 Å². The predicted octanol–water partition coefficient (Wildman–Crippen LogP) is 6.71. The van der Waals surface area contributed by atoms with Crippen molar-refractivity contribution in [3.63, 3.8) is 0 Å². The van der Waals surface area contributed by atoms with Gasteiger partial charge in [0.05, 0.1) is 36.2 Å². The number of nitrogens with one attached hydrogen (secondary N) is 2. The van der Waals surface area contributed by atoms with Crippen LogP contribution in [-0.4, -0.2) is 44.7 Å². The molecule has 0 unspecified atom stereocenters. The Hall–Kier alpha value is -4.67. The van der Waals surface area contributed by atoms with Crippen LogP contribution in [0.5, 0.6) is 11.5 Å². The number of hydrogen-bond acceptors (Lipinski definition) is 9. The number of rotatable bonds is 11. The SMILES string of the molecule is C=CC(=O)Cc1cccc(C)c1Nc1ncc2cc(-c3c(Cl)c(OC)cc(OC)c3Cl)nc(NCc3cnn(C)c3)c2n1. The number of aromatic nitrogens is 5.